The number of benzene rings is 1. The van der Waals surface area contributed by atoms with Crippen LogP contribution in [0.15, 0.2) is 60.2 Å². The number of pyridine rings is 1. The van der Waals surface area contributed by atoms with Gasteiger partial charge in [0.25, 0.3) is 0 Å². The first kappa shape index (κ1) is 16.2. The molecule has 0 unspecified atom stereocenters. The smallest absolute Gasteiger partial charge is 0.410 e. The van der Waals surface area contributed by atoms with E-state index in [1.54, 1.807) is 17.4 Å². The summed E-state index contributed by atoms with van der Waals surface area (Å²) in [6.45, 7) is 2.60. The molecule has 5 heteroatoms. The van der Waals surface area contributed by atoms with Gasteiger partial charge in [0.2, 0.25) is 0 Å². The summed E-state index contributed by atoms with van der Waals surface area (Å²) < 4.78 is 5.31. The molecule has 1 amide bonds. The number of nitrogens with one attached hydrogen (secondary N) is 1. The lowest BCUT2D eigenvalue weighted by Gasteiger charge is -2.08. The standard InChI is InChI=1S/C19H18N2O2S/c1-2-8-21-19(22)23-17-6-3-5-14(11-17)15-10-16(13-20-12-15)18-7-4-9-24-18/h3-7,9-13H,2,8H2,1H3,(H,21,22). The fourth-order valence-corrected chi connectivity index (χ4v) is 2.99. The molecule has 0 atom stereocenters. The lowest BCUT2D eigenvalue weighted by atomic mass is 10.1. The van der Waals surface area contributed by atoms with Crippen LogP contribution < -0.4 is 10.1 Å². The molecule has 2 aromatic heterocycles. The number of thiophene rings is 1. The largest absolute Gasteiger partial charge is 0.412 e. The van der Waals surface area contributed by atoms with Gasteiger partial charge in [-0.15, -0.1) is 11.3 Å². The first-order chi connectivity index (χ1) is 11.8. The molecule has 0 fully saturated rings. The molecule has 3 rings (SSSR count). The molecule has 3 aromatic rings. The van der Waals surface area contributed by atoms with Gasteiger partial charge >= 0.3 is 6.09 Å². The topological polar surface area (TPSA) is 51.2 Å². The molecule has 24 heavy (non-hydrogen) atoms. The van der Waals surface area contributed by atoms with Gasteiger partial charge in [-0.25, -0.2) is 4.79 Å². The highest BCUT2D eigenvalue weighted by atomic mass is 32.1. The zero-order chi connectivity index (χ0) is 16.8. The van der Waals surface area contributed by atoms with Gasteiger partial charge in [-0.3, -0.25) is 4.98 Å². The highest BCUT2D eigenvalue weighted by Crippen LogP contribution is 2.29. The Morgan fingerprint density at radius 2 is 2.00 bits per heavy atom. The minimum absolute atomic E-state index is 0.431. The van der Waals surface area contributed by atoms with Crippen molar-refractivity contribution in [2.45, 2.75) is 13.3 Å². The van der Waals surface area contributed by atoms with Gasteiger partial charge in [-0.1, -0.05) is 25.1 Å². The normalized spacial score (nSPS) is 10.4. The average Bonchev–Trinajstić information content (AvgIpc) is 3.15. The van der Waals surface area contributed by atoms with E-state index >= 15 is 0 Å². The third-order valence-electron chi connectivity index (χ3n) is 3.44. The Labute approximate surface area is 145 Å². The number of ether oxygens (including phenoxy) is 1. The highest BCUT2D eigenvalue weighted by Gasteiger charge is 2.07. The summed E-state index contributed by atoms with van der Waals surface area (Å²) in [5.74, 6) is 0.516. The predicted octanol–water partition coefficient (Wildman–Crippen LogP) is 4.98. The van der Waals surface area contributed by atoms with Crippen LogP contribution in [0.4, 0.5) is 4.79 Å². The van der Waals surface area contributed by atoms with E-state index in [-0.39, 0.29) is 0 Å². The second-order valence-corrected chi connectivity index (χ2v) is 6.23. The molecule has 2 heterocycles. The van der Waals surface area contributed by atoms with Crippen molar-refractivity contribution in [1.82, 2.24) is 10.3 Å². The summed E-state index contributed by atoms with van der Waals surface area (Å²) in [6, 6.07) is 13.7. The summed E-state index contributed by atoms with van der Waals surface area (Å²) >= 11 is 1.68. The molecule has 1 aromatic carbocycles. The van der Waals surface area contributed by atoms with E-state index in [9.17, 15) is 4.79 Å². The SMILES string of the molecule is CCCNC(=O)Oc1cccc(-c2cncc(-c3cccs3)c2)c1. The maximum atomic E-state index is 11.7. The lowest BCUT2D eigenvalue weighted by molar-refractivity contribution is 0.200. The van der Waals surface area contributed by atoms with Crippen molar-refractivity contribution in [2.24, 2.45) is 0 Å². The second-order valence-electron chi connectivity index (χ2n) is 5.28. The molecule has 0 radical (unpaired) electrons. The van der Waals surface area contributed by atoms with Crippen LogP contribution in [0.2, 0.25) is 0 Å². The Hall–Kier alpha value is -2.66. The Kier molecular flexibility index (Phi) is 5.23. The molecule has 0 aliphatic heterocycles. The zero-order valence-electron chi connectivity index (χ0n) is 13.4. The Bertz CT molecular complexity index is 816. The van der Waals surface area contributed by atoms with Crippen molar-refractivity contribution in [3.8, 4) is 27.3 Å². The summed E-state index contributed by atoms with van der Waals surface area (Å²) in [7, 11) is 0. The Morgan fingerprint density at radius 1 is 1.12 bits per heavy atom. The molecule has 0 saturated carbocycles. The van der Waals surface area contributed by atoms with E-state index in [0.717, 1.165) is 23.1 Å². The van der Waals surface area contributed by atoms with Gasteiger partial charge in [0.1, 0.15) is 5.75 Å². The number of aromatic nitrogens is 1. The van der Waals surface area contributed by atoms with Gasteiger partial charge in [-0.05, 0) is 41.6 Å². The van der Waals surface area contributed by atoms with Crippen LogP contribution in [0.1, 0.15) is 13.3 Å². The van der Waals surface area contributed by atoms with Crippen LogP contribution in [0.3, 0.4) is 0 Å². The fraction of sp³-hybridized carbons (Fsp3) is 0.158. The second kappa shape index (κ2) is 7.75. The lowest BCUT2D eigenvalue weighted by Crippen LogP contribution is -2.27. The van der Waals surface area contributed by atoms with Gasteiger partial charge in [0, 0.05) is 34.9 Å². The van der Waals surface area contributed by atoms with Crippen molar-refractivity contribution in [3.05, 3.63) is 60.2 Å². The molecule has 4 nitrogen and oxygen atoms in total. The first-order valence-electron chi connectivity index (χ1n) is 7.81. The highest BCUT2D eigenvalue weighted by molar-refractivity contribution is 7.13. The van der Waals surface area contributed by atoms with Crippen LogP contribution in [-0.4, -0.2) is 17.6 Å². The minimum atomic E-state index is -0.431. The maximum Gasteiger partial charge on any atom is 0.412 e. The average molecular weight is 338 g/mol. The van der Waals surface area contributed by atoms with Crippen molar-refractivity contribution >= 4 is 17.4 Å². The zero-order valence-corrected chi connectivity index (χ0v) is 14.2. The molecule has 0 bridgehead atoms. The van der Waals surface area contributed by atoms with Crippen molar-refractivity contribution in [2.75, 3.05) is 6.54 Å². The van der Waals surface area contributed by atoms with Crippen molar-refractivity contribution in [1.29, 1.82) is 0 Å². The van der Waals surface area contributed by atoms with Crippen molar-refractivity contribution < 1.29 is 9.53 Å². The molecule has 1 N–H and O–H groups in total. The molecular weight excluding hydrogens is 320 g/mol. The van der Waals surface area contributed by atoms with Crippen LogP contribution >= 0.6 is 11.3 Å². The molecule has 0 saturated heterocycles. The van der Waals surface area contributed by atoms with E-state index < -0.39 is 6.09 Å². The third-order valence-corrected chi connectivity index (χ3v) is 4.36. The van der Waals surface area contributed by atoms with E-state index in [1.165, 1.54) is 4.88 Å². The van der Waals surface area contributed by atoms with Gasteiger partial charge in [-0.2, -0.15) is 0 Å². The maximum absolute atomic E-state index is 11.7. The number of nitrogens with zero attached hydrogens (tertiary/aromatic N) is 1. The van der Waals surface area contributed by atoms with Crippen LogP contribution in [0, 0.1) is 0 Å². The molecule has 0 spiro atoms. The fourth-order valence-electron chi connectivity index (χ4n) is 2.28. The Morgan fingerprint density at radius 3 is 2.79 bits per heavy atom. The van der Waals surface area contributed by atoms with Gasteiger partial charge < -0.3 is 10.1 Å². The van der Waals surface area contributed by atoms with Crippen LogP contribution in [0.5, 0.6) is 5.75 Å². The number of hydrogen-bond acceptors (Lipinski definition) is 4. The summed E-state index contributed by atoms with van der Waals surface area (Å²) in [5, 5.41) is 4.74. The predicted molar refractivity (Wildman–Crippen MR) is 97.3 cm³/mol. The Balaban J connectivity index is 1.81. The molecule has 122 valence electrons. The number of carbonyl (C=O) groups excluding carboxylic acids is 1. The number of hydrogen-bond donors (Lipinski definition) is 1. The van der Waals surface area contributed by atoms with E-state index in [2.05, 4.69) is 22.4 Å². The number of carbonyl (C=O) groups is 1. The number of amides is 1. The van der Waals surface area contributed by atoms with E-state index in [1.807, 2.05) is 49.0 Å². The van der Waals surface area contributed by atoms with Crippen LogP contribution in [0.25, 0.3) is 21.6 Å². The third kappa shape index (κ3) is 4.00. The van der Waals surface area contributed by atoms with Crippen LogP contribution in [-0.2, 0) is 0 Å². The minimum Gasteiger partial charge on any atom is -0.410 e. The monoisotopic (exact) mass is 338 g/mol. The quantitative estimate of drug-likeness (QED) is 0.714. The van der Waals surface area contributed by atoms with Gasteiger partial charge in [0.15, 0.2) is 0 Å². The summed E-state index contributed by atoms with van der Waals surface area (Å²) in [5.41, 5.74) is 3.02. The molecular formula is C19H18N2O2S. The molecule has 0 aliphatic rings. The van der Waals surface area contributed by atoms with E-state index in [0.29, 0.717) is 12.3 Å². The summed E-state index contributed by atoms with van der Waals surface area (Å²) in [4.78, 5) is 17.2. The number of rotatable bonds is 5. The van der Waals surface area contributed by atoms with Gasteiger partial charge in [0.05, 0.1) is 0 Å². The first-order valence-corrected chi connectivity index (χ1v) is 8.69. The van der Waals surface area contributed by atoms with Crippen molar-refractivity contribution in [3.63, 3.8) is 0 Å². The molecule has 0 aliphatic carbocycles. The summed E-state index contributed by atoms with van der Waals surface area (Å²) in [6.07, 6.45) is 4.11. The van der Waals surface area contributed by atoms with E-state index in [4.69, 9.17) is 4.74 Å².